The second-order valence-electron chi connectivity index (χ2n) is 8.23. The first-order valence-corrected chi connectivity index (χ1v) is 13.1. The molecule has 1 aliphatic rings. The number of nitrogens with zero attached hydrogens (tertiary/aromatic N) is 3. The fourth-order valence-electron chi connectivity index (χ4n) is 4.15. The summed E-state index contributed by atoms with van der Waals surface area (Å²) in [5, 5.41) is 23.4. The van der Waals surface area contributed by atoms with E-state index in [9.17, 15) is 9.90 Å². The number of thioether (sulfide) groups is 1. The lowest BCUT2D eigenvalue weighted by Crippen LogP contribution is -2.43. The number of halogens is 1. The van der Waals surface area contributed by atoms with Crippen molar-refractivity contribution in [2.75, 3.05) is 12.4 Å². The Kier molecular flexibility index (Phi) is 8.65. The molecule has 3 N–H and O–H groups in total. The van der Waals surface area contributed by atoms with Gasteiger partial charge in [0, 0.05) is 10.6 Å². The van der Waals surface area contributed by atoms with Crippen LogP contribution in [0.1, 0.15) is 50.6 Å². The van der Waals surface area contributed by atoms with Gasteiger partial charge in [-0.15, -0.1) is 5.10 Å². The number of aromatic nitrogens is 3. The smallest absolute Gasteiger partial charge is 0.337 e. The number of benzene rings is 2. The van der Waals surface area contributed by atoms with Crippen molar-refractivity contribution in [3.05, 3.63) is 53.1 Å². The highest BCUT2D eigenvalue weighted by atomic mass is 35.5. The molecule has 0 radical (unpaired) electrons. The van der Waals surface area contributed by atoms with E-state index in [4.69, 9.17) is 16.3 Å². The van der Waals surface area contributed by atoms with Gasteiger partial charge >= 0.3 is 5.16 Å². The number of phenols is 1. The number of aromatic amines is 1. The van der Waals surface area contributed by atoms with Gasteiger partial charge in [0.05, 0.1) is 35.3 Å². The van der Waals surface area contributed by atoms with Crippen LogP contribution in [0.4, 0.5) is 0 Å². The Morgan fingerprint density at radius 2 is 2.06 bits per heavy atom. The van der Waals surface area contributed by atoms with Crippen molar-refractivity contribution in [1.29, 1.82) is 0 Å². The highest BCUT2D eigenvalue weighted by Crippen LogP contribution is 2.30. The number of carbonyl (C=O) groups is 1. The molecule has 1 amide bonds. The molecule has 4 rings (SSSR count). The summed E-state index contributed by atoms with van der Waals surface area (Å²) in [5.41, 5.74) is 3.98. The number of para-hydroxylation sites is 1. The fraction of sp³-hybridized carbons (Fsp3) is 0.360. The number of nitrogens with one attached hydrogen (secondary N) is 2. The number of H-pyrrole nitrogens is 1. The third-order valence-corrected chi connectivity index (χ3v) is 7.02. The largest absolute Gasteiger partial charge is 0.504 e. The minimum atomic E-state index is -0.266. The van der Waals surface area contributed by atoms with Gasteiger partial charge in [-0.25, -0.2) is 9.99 Å². The molecule has 1 aliphatic carbocycles. The van der Waals surface area contributed by atoms with Crippen LogP contribution in [0.2, 0.25) is 5.02 Å². The summed E-state index contributed by atoms with van der Waals surface area (Å²) in [6.45, 7) is 2.28. The van der Waals surface area contributed by atoms with Crippen LogP contribution in [-0.4, -0.2) is 39.8 Å². The van der Waals surface area contributed by atoms with E-state index >= 15 is 0 Å². The van der Waals surface area contributed by atoms with Gasteiger partial charge in [0.1, 0.15) is 0 Å². The Hall–Kier alpha value is -3.04. The number of rotatable bonds is 9. The molecule has 1 heterocycles. The number of phenolic OH excluding ortho intramolecular Hbond substituents is 1. The quantitative estimate of drug-likeness (QED) is 0.163. The normalized spacial score (nSPS) is 14.3. The van der Waals surface area contributed by atoms with E-state index < -0.39 is 0 Å². The van der Waals surface area contributed by atoms with Gasteiger partial charge in [0.2, 0.25) is 0 Å². The summed E-state index contributed by atoms with van der Waals surface area (Å²) in [5.74, 6) is 1.17. The van der Waals surface area contributed by atoms with E-state index in [1.165, 1.54) is 37.2 Å². The zero-order valence-corrected chi connectivity index (χ0v) is 21.1. The molecular weight excluding hydrogens is 486 g/mol. The standard InChI is InChI=1S/C25H28ClN5O3S/c1-2-34-21-10-6-7-18(23(21)33)15-27-28-22(32)16-35-25-30-29-24(17-11-13-19(26)14-12-17)31(25)20-8-4-3-5-9-20/h6-7,10-15,20H,2-5,8-9,16H2,1H3,(H2,27,28,32,33)/p+1. The zero-order chi connectivity index (χ0) is 24.6. The van der Waals surface area contributed by atoms with Gasteiger partial charge < -0.3 is 9.84 Å². The maximum Gasteiger partial charge on any atom is 0.337 e. The molecule has 8 nitrogen and oxygen atoms in total. The van der Waals surface area contributed by atoms with Crippen molar-refractivity contribution in [1.82, 2.24) is 15.6 Å². The zero-order valence-electron chi connectivity index (χ0n) is 19.5. The second kappa shape index (κ2) is 12.1. The van der Waals surface area contributed by atoms with Crippen LogP contribution in [-0.2, 0) is 4.79 Å². The average molecular weight is 515 g/mol. The molecule has 10 heteroatoms. The summed E-state index contributed by atoms with van der Waals surface area (Å²) in [6, 6.07) is 13.1. The summed E-state index contributed by atoms with van der Waals surface area (Å²) < 4.78 is 7.60. The summed E-state index contributed by atoms with van der Waals surface area (Å²) in [7, 11) is 0. The maximum absolute atomic E-state index is 12.5. The van der Waals surface area contributed by atoms with Crippen LogP contribution in [0.5, 0.6) is 11.5 Å². The van der Waals surface area contributed by atoms with E-state index in [2.05, 4.69) is 25.3 Å². The molecule has 0 spiro atoms. The van der Waals surface area contributed by atoms with Crippen molar-refractivity contribution < 1.29 is 19.2 Å². The number of hydrazone groups is 1. The Morgan fingerprint density at radius 3 is 2.80 bits per heavy atom. The molecule has 0 bridgehead atoms. The van der Waals surface area contributed by atoms with Crippen LogP contribution in [0.15, 0.2) is 52.7 Å². The topological polar surface area (TPSA) is 103 Å². The summed E-state index contributed by atoms with van der Waals surface area (Å²) >= 11 is 7.44. The first kappa shape index (κ1) is 25.1. The molecule has 0 unspecified atom stereocenters. The maximum atomic E-state index is 12.5. The SMILES string of the molecule is CCOc1cccc(/C=N/NC(=O)CSc2n[nH]c(-c3ccc(Cl)cc3)[n+]2C2CCCCC2)c1O. The molecule has 2 aromatic carbocycles. The molecule has 1 saturated carbocycles. The van der Waals surface area contributed by atoms with Gasteiger partial charge in [-0.3, -0.25) is 4.79 Å². The summed E-state index contributed by atoms with van der Waals surface area (Å²) in [4.78, 5) is 12.5. The Labute approximate surface area is 213 Å². The molecule has 35 heavy (non-hydrogen) atoms. The van der Waals surface area contributed by atoms with Crippen molar-refractivity contribution in [2.45, 2.75) is 50.2 Å². The van der Waals surface area contributed by atoms with E-state index in [1.807, 2.05) is 31.2 Å². The molecule has 0 saturated heterocycles. The van der Waals surface area contributed by atoms with Crippen LogP contribution >= 0.6 is 23.4 Å². The van der Waals surface area contributed by atoms with Crippen molar-refractivity contribution in [2.24, 2.45) is 5.10 Å². The summed E-state index contributed by atoms with van der Waals surface area (Å²) in [6.07, 6.45) is 7.17. The van der Waals surface area contributed by atoms with E-state index in [0.29, 0.717) is 29.0 Å². The fourth-order valence-corrected chi connectivity index (χ4v) is 5.09. The molecule has 3 aromatic rings. The van der Waals surface area contributed by atoms with Crippen LogP contribution < -0.4 is 14.7 Å². The number of hydrogen-bond acceptors (Lipinski definition) is 6. The Balaban J connectivity index is 1.43. The van der Waals surface area contributed by atoms with Crippen LogP contribution in [0.25, 0.3) is 11.4 Å². The van der Waals surface area contributed by atoms with Crippen molar-refractivity contribution in [3.8, 4) is 22.9 Å². The number of hydrogen-bond donors (Lipinski definition) is 3. The highest BCUT2D eigenvalue weighted by Gasteiger charge is 2.30. The lowest BCUT2D eigenvalue weighted by Gasteiger charge is -2.21. The average Bonchev–Trinajstić information content (AvgIpc) is 3.30. The number of ether oxygens (including phenoxy) is 1. The Bertz CT molecular complexity index is 1180. The number of aromatic hydroxyl groups is 1. The lowest BCUT2D eigenvalue weighted by atomic mass is 9.95. The second-order valence-corrected chi connectivity index (χ2v) is 9.61. The minimum Gasteiger partial charge on any atom is -0.504 e. The van der Waals surface area contributed by atoms with E-state index in [1.54, 1.807) is 18.2 Å². The van der Waals surface area contributed by atoms with Crippen molar-refractivity contribution in [3.63, 3.8) is 0 Å². The molecule has 184 valence electrons. The Morgan fingerprint density at radius 1 is 1.29 bits per heavy atom. The van der Waals surface area contributed by atoms with E-state index in [-0.39, 0.29) is 17.4 Å². The van der Waals surface area contributed by atoms with Gasteiger partial charge in [-0.1, -0.05) is 24.1 Å². The van der Waals surface area contributed by atoms with Gasteiger partial charge in [0.25, 0.3) is 11.7 Å². The molecule has 0 aliphatic heterocycles. The molecule has 0 atom stereocenters. The van der Waals surface area contributed by atoms with Crippen molar-refractivity contribution >= 4 is 35.5 Å². The number of carbonyl (C=O) groups excluding carboxylic acids is 1. The van der Waals surface area contributed by atoms with Gasteiger partial charge in [-0.05, 0) is 80.8 Å². The van der Waals surface area contributed by atoms with Gasteiger partial charge in [0.15, 0.2) is 11.5 Å². The van der Waals surface area contributed by atoms with E-state index in [0.717, 1.165) is 29.4 Å². The first-order valence-electron chi connectivity index (χ1n) is 11.7. The number of amides is 1. The van der Waals surface area contributed by atoms with Crippen LogP contribution in [0.3, 0.4) is 0 Å². The third kappa shape index (κ3) is 6.35. The predicted molar refractivity (Wildman–Crippen MR) is 137 cm³/mol. The molecule has 1 fully saturated rings. The lowest BCUT2D eigenvalue weighted by molar-refractivity contribution is -0.749. The first-order chi connectivity index (χ1) is 17.1. The van der Waals surface area contributed by atoms with Crippen LogP contribution in [0, 0.1) is 0 Å². The highest BCUT2D eigenvalue weighted by molar-refractivity contribution is 7.99. The molecule has 1 aromatic heterocycles. The third-order valence-electron chi connectivity index (χ3n) is 5.82. The monoisotopic (exact) mass is 514 g/mol. The van der Waals surface area contributed by atoms with Gasteiger partial charge in [-0.2, -0.15) is 5.10 Å². The molecular formula is C25H29ClN5O3S+. The predicted octanol–water partition coefficient (Wildman–Crippen LogP) is 4.87. The minimum absolute atomic E-state index is 0.0125.